The van der Waals surface area contributed by atoms with Crippen LogP contribution in [0.5, 0.6) is 0 Å². The molecule has 1 aromatic carbocycles. The Morgan fingerprint density at radius 2 is 1.94 bits per heavy atom. The van der Waals surface area contributed by atoms with Gasteiger partial charge in [0.15, 0.2) is 0 Å². The van der Waals surface area contributed by atoms with Gasteiger partial charge in [-0.05, 0) is 18.2 Å². The zero-order chi connectivity index (χ0) is 12.8. The SMILES string of the molecule is C=CCN(CC=C)C(=O)c1ccc(N)cc1Cl. The van der Waals surface area contributed by atoms with Crippen LogP contribution in [0.2, 0.25) is 5.02 Å². The first-order valence-electron chi connectivity index (χ1n) is 5.16. The second-order valence-electron chi connectivity index (χ2n) is 3.53. The van der Waals surface area contributed by atoms with Crippen molar-refractivity contribution in [1.82, 2.24) is 4.90 Å². The Labute approximate surface area is 106 Å². The lowest BCUT2D eigenvalue weighted by atomic mass is 10.1. The molecule has 0 atom stereocenters. The van der Waals surface area contributed by atoms with E-state index in [2.05, 4.69) is 13.2 Å². The Morgan fingerprint density at radius 1 is 1.35 bits per heavy atom. The monoisotopic (exact) mass is 250 g/mol. The number of rotatable bonds is 5. The molecule has 0 heterocycles. The van der Waals surface area contributed by atoms with Gasteiger partial charge in [0.25, 0.3) is 5.91 Å². The first-order chi connectivity index (χ1) is 8.10. The Morgan fingerprint density at radius 3 is 2.41 bits per heavy atom. The Balaban J connectivity index is 2.99. The van der Waals surface area contributed by atoms with Gasteiger partial charge in [0, 0.05) is 18.8 Å². The summed E-state index contributed by atoms with van der Waals surface area (Å²) in [4.78, 5) is 13.8. The molecule has 0 saturated heterocycles. The van der Waals surface area contributed by atoms with Crippen molar-refractivity contribution in [2.45, 2.75) is 0 Å². The molecule has 0 saturated carbocycles. The number of amides is 1. The molecule has 0 aliphatic carbocycles. The highest BCUT2D eigenvalue weighted by molar-refractivity contribution is 6.34. The highest BCUT2D eigenvalue weighted by atomic mass is 35.5. The number of nitrogens with zero attached hydrogens (tertiary/aromatic N) is 1. The van der Waals surface area contributed by atoms with E-state index in [1.54, 1.807) is 35.3 Å². The van der Waals surface area contributed by atoms with Gasteiger partial charge in [-0.15, -0.1) is 13.2 Å². The molecule has 0 unspecified atom stereocenters. The predicted octanol–water partition coefficient (Wildman–Crippen LogP) is 2.74. The fraction of sp³-hybridized carbons (Fsp3) is 0.154. The molecule has 0 aliphatic rings. The van der Waals surface area contributed by atoms with Crippen LogP contribution in [0.1, 0.15) is 10.4 Å². The number of hydrogen-bond acceptors (Lipinski definition) is 2. The topological polar surface area (TPSA) is 46.3 Å². The van der Waals surface area contributed by atoms with Crippen molar-refractivity contribution in [2.75, 3.05) is 18.8 Å². The Bertz CT molecular complexity index is 433. The van der Waals surface area contributed by atoms with Crippen molar-refractivity contribution in [3.05, 3.63) is 54.1 Å². The number of benzene rings is 1. The van der Waals surface area contributed by atoms with E-state index in [1.807, 2.05) is 0 Å². The zero-order valence-electron chi connectivity index (χ0n) is 9.53. The van der Waals surface area contributed by atoms with E-state index < -0.39 is 0 Å². The Hall–Kier alpha value is -1.74. The van der Waals surface area contributed by atoms with Gasteiger partial charge in [0.05, 0.1) is 10.6 Å². The lowest BCUT2D eigenvalue weighted by Gasteiger charge is -2.19. The van der Waals surface area contributed by atoms with E-state index in [1.165, 1.54) is 0 Å². The van der Waals surface area contributed by atoms with E-state index >= 15 is 0 Å². The molecule has 1 aromatic rings. The van der Waals surface area contributed by atoms with E-state index in [0.717, 1.165) is 0 Å². The molecule has 0 bridgehead atoms. The van der Waals surface area contributed by atoms with Crippen LogP contribution in [0.4, 0.5) is 5.69 Å². The third-order valence-corrected chi connectivity index (χ3v) is 2.52. The maximum atomic E-state index is 12.2. The van der Waals surface area contributed by atoms with Crippen molar-refractivity contribution in [1.29, 1.82) is 0 Å². The maximum Gasteiger partial charge on any atom is 0.255 e. The predicted molar refractivity (Wildman–Crippen MR) is 72.2 cm³/mol. The van der Waals surface area contributed by atoms with Gasteiger partial charge >= 0.3 is 0 Å². The second-order valence-corrected chi connectivity index (χ2v) is 3.93. The van der Waals surface area contributed by atoms with Crippen LogP contribution in [-0.2, 0) is 0 Å². The molecule has 1 rings (SSSR count). The minimum atomic E-state index is -0.158. The average molecular weight is 251 g/mol. The first-order valence-corrected chi connectivity index (χ1v) is 5.54. The molecule has 2 N–H and O–H groups in total. The summed E-state index contributed by atoms with van der Waals surface area (Å²) in [6.45, 7) is 8.13. The van der Waals surface area contributed by atoms with E-state index in [4.69, 9.17) is 17.3 Å². The normalized spacial score (nSPS) is 9.71. The van der Waals surface area contributed by atoms with Crippen molar-refractivity contribution in [3.63, 3.8) is 0 Å². The van der Waals surface area contributed by atoms with Crippen molar-refractivity contribution in [3.8, 4) is 0 Å². The summed E-state index contributed by atoms with van der Waals surface area (Å²) < 4.78 is 0. The minimum absolute atomic E-state index is 0.158. The molecule has 0 aromatic heterocycles. The van der Waals surface area contributed by atoms with Crippen LogP contribution in [0.25, 0.3) is 0 Å². The van der Waals surface area contributed by atoms with Crippen LogP contribution in [0, 0.1) is 0 Å². The van der Waals surface area contributed by atoms with Crippen LogP contribution in [-0.4, -0.2) is 23.9 Å². The third-order valence-electron chi connectivity index (χ3n) is 2.21. The van der Waals surface area contributed by atoms with Gasteiger partial charge in [0.2, 0.25) is 0 Å². The molecule has 0 radical (unpaired) electrons. The lowest BCUT2D eigenvalue weighted by molar-refractivity contribution is 0.0791. The smallest absolute Gasteiger partial charge is 0.255 e. The molecule has 0 fully saturated rings. The van der Waals surface area contributed by atoms with Crippen LogP contribution < -0.4 is 5.73 Å². The van der Waals surface area contributed by atoms with Crippen LogP contribution in [0.3, 0.4) is 0 Å². The number of hydrogen-bond donors (Lipinski definition) is 1. The van der Waals surface area contributed by atoms with Crippen LogP contribution >= 0.6 is 11.6 Å². The van der Waals surface area contributed by atoms with Crippen molar-refractivity contribution >= 4 is 23.2 Å². The van der Waals surface area contributed by atoms with Gasteiger partial charge in [-0.1, -0.05) is 23.8 Å². The van der Waals surface area contributed by atoms with E-state index in [0.29, 0.717) is 29.4 Å². The fourth-order valence-electron chi connectivity index (χ4n) is 1.43. The lowest BCUT2D eigenvalue weighted by Crippen LogP contribution is -2.31. The van der Waals surface area contributed by atoms with Crippen molar-refractivity contribution in [2.24, 2.45) is 0 Å². The number of anilines is 1. The van der Waals surface area contributed by atoms with Gasteiger partial charge in [-0.2, -0.15) is 0 Å². The molecule has 4 heteroatoms. The number of nitrogens with two attached hydrogens (primary N) is 1. The third kappa shape index (κ3) is 3.36. The maximum absolute atomic E-state index is 12.2. The summed E-state index contributed by atoms with van der Waals surface area (Å²) >= 11 is 5.99. The quantitative estimate of drug-likeness (QED) is 0.645. The van der Waals surface area contributed by atoms with Crippen LogP contribution in [0.15, 0.2) is 43.5 Å². The first kappa shape index (κ1) is 13.3. The highest BCUT2D eigenvalue weighted by Gasteiger charge is 2.16. The van der Waals surface area contributed by atoms with E-state index in [-0.39, 0.29) is 5.91 Å². The summed E-state index contributed by atoms with van der Waals surface area (Å²) in [6.07, 6.45) is 3.32. The molecule has 90 valence electrons. The minimum Gasteiger partial charge on any atom is -0.399 e. The average Bonchev–Trinajstić information content (AvgIpc) is 2.28. The molecule has 0 aliphatic heterocycles. The van der Waals surface area contributed by atoms with Gasteiger partial charge in [0.1, 0.15) is 0 Å². The summed E-state index contributed by atoms with van der Waals surface area (Å²) in [7, 11) is 0. The summed E-state index contributed by atoms with van der Waals surface area (Å²) in [5.74, 6) is -0.158. The molecule has 1 amide bonds. The molecule has 17 heavy (non-hydrogen) atoms. The molecular formula is C13H15ClN2O. The van der Waals surface area contributed by atoms with E-state index in [9.17, 15) is 4.79 Å². The number of halogens is 1. The number of carbonyl (C=O) groups is 1. The van der Waals surface area contributed by atoms with Crippen molar-refractivity contribution < 1.29 is 4.79 Å². The zero-order valence-corrected chi connectivity index (χ0v) is 10.3. The molecular weight excluding hydrogens is 236 g/mol. The van der Waals surface area contributed by atoms with Gasteiger partial charge < -0.3 is 10.6 Å². The molecule has 3 nitrogen and oxygen atoms in total. The molecule has 0 spiro atoms. The highest BCUT2D eigenvalue weighted by Crippen LogP contribution is 2.20. The standard InChI is InChI=1S/C13H15ClN2O/c1-3-7-16(8-4-2)13(17)11-6-5-10(15)9-12(11)14/h3-6,9H,1-2,7-8,15H2. The van der Waals surface area contributed by atoms with Gasteiger partial charge in [-0.3, -0.25) is 4.79 Å². The Kier molecular flexibility index (Phi) is 4.79. The summed E-state index contributed by atoms with van der Waals surface area (Å²) in [5.41, 5.74) is 6.55. The van der Waals surface area contributed by atoms with Gasteiger partial charge in [-0.25, -0.2) is 0 Å². The summed E-state index contributed by atoms with van der Waals surface area (Å²) in [6, 6.07) is 4.84. The number of carbonyl (C=O) groups excluding carboxylic acids is 1. The summed E-state index contributed by atoms with van der Waals surface area (Å²) in [5, 5.41) is 0.355. The second kappa shape index (κ2) is 6.11. The fourth-order valence-corrected chi connectivity index (χ4v) is 1.70. The largest absolute Gasteiger partial charge is 0.399 e. The number of nitrogen functional groups attached to an aromatic ring is 1.